The zero-order valence-corrected chi connectivity index (χ0v) is 12.4. The van der Waals surface area contributed by atoms with Crippen molar-refractivity contribution in [3.05, 3.63) is 58.9 Å². The first-order valence-corrected chi connectivity index (χ1v) is 6.95. The highest BCUT2D eigenvalue weighted by Gasteiger charge is 2.07. The van der Waals surface area contributed by atoms with Gasteiger partial charge in [0.05, 0.1) is 11.4 Å². The summed E-state index contributed by atoms with van der Waals surface area (Å²) in [5.41, 5.74) is 8.73. The van der Waals surface area contributed by atoms with Crippen LogP contribution in [0.2, 0.25) is 5.02 Å². The van der Waals surface area contributed by atoms with Crippen LogP contribution in [-0.4, -0.2) is 10.9 Å². The van der Waals surface area contributed by atoms with Gasteiger partial charge in [-0.3, -0.25) is 9.78 Å². The Morgan fingerprint density at radius 3 is 2.95 bits per heavy atom. The first-order chi connectivity index (χ1) is 10.1. The number of pyridine rings is 1. The molecule has 0 aliphatic rings. The Morgan fingerprint density at radius 1 is 1.48 bits per heavy atom. The van der Waals surface area contributed by atoms with Gasteiger partial charge in [-0.25, -0.2) is 0 Å². The average molecular weight is 302 g/mol. The Labute approximate surface area is 128 Å². The SMILES string of the molecule is CCc1cc(N)c(NC(=O)/C=C/c2cccnc2)cc1Cl. The number of amides is 1. The van der Waals surface area contributed by atoms with Gasteiger partial charge in [-0.15, -0.1) is 0 Å². The molecule has 0 saturated carbocycles. The van der Waals surface area contributed by atoms with Gasteiger partial charge in [-0.2, -0.15) is 0 Å². The third kappa shape index (κ3) is 4.07. The van der Waals surface area contributed by atoms with E-state index >= 15 is 0 Å². The fourth-order valence-electron chi connectivity index (χ4n) is 1.84. The van der Waals surface area contributed by atoms with Crippen LogP contribution >= 0.6 is 11.6 Å². The smallest absolute Gasteiger partial charge is 0.248 e. The minimum Gasteiger partial charge on any atom is -0.397 e. The van der Waals surface area contributed by atoms with Gasteiger partial charge in [0.1, 0.15) is 0 Å². The molecule has 1 heterocycles. The van der Waals surface area contributed by atoms with Crippen molar-refractivity contribution in [3.63, 3.8) is 0 Å². The lowest BCUT2D eigenvalue weighted by Crippen LogP contribution is -2.10. The van der Waals surface area contributed by atoms with Crippen LogP contribution in [0, 0.1) is 0 Å². The van der Waals surface area contributed by atoms with Gasteiger partial charge in [0.15, 0.2) is 0 Å². The van der Waals surface area contributed by atoms with Crippen LogP contribution in [-0.2, 0) is 11.2 Å². The highest BCUT2D eigenvalue weighted by molar-refractivity contribution is 6.32. The maximum Gasteiger partial charge on any atom is 0.248 e. The van der Waals surface area contributed by atoms with Crippen LogP contribution in [0.3, 0.4) is 0 Å². The normalized spacial score (nSPS) is 10.8. The van der Waals surface area contributed by atoms with E-state index in [1.807, 2.05) is 13.0 Å². The molecule has 1 aromatic carbocycles. The van der Waals surface area contributed by atoms with Crippen molar-refractivity contribution in [2.75, 3.05) is 11.1 Å². The van der Waals surface area contributed by atoms with E-state index < -0.39 is 0 Å². The molecule has 3 N–H and O–H groups in total. The molecule has 0 bridgehead atoms. The highest BCUT2D eigenvalue weighted by Crippen LogP contribution is 2.27. The summed E-state index contributed by atoms with van der Waals surface area (Å²) in [6.45, 7) is 2.00. The number of benzene rings is 1. The Morgan fingerprint density at radius 2 is 2.29 bits per heavy atom. The molecule has 1 amide bonds. The second kappa shape index (κ2) is 6.90. The van der Waals surface area contributed by atoms with Crippen molar-refractivity contribution in [2.24, 2.45) is 0 Å². The number of aryl methyl sites for hydroxylation is 1. The maximum absolute atomic E-state index is 11.9. The zero-order chi connectivity index (χ0) is 15.2. The van der Waals surface area contributed by atoms with E-state index in [0.717, 1.165) is 17.5 Å². The molecule has 0 aliphatic carbocycles. The number of carbonyl (C=O) groups is 1. The summed E-state index contributed by atoms with van der Waals surface area (Å²) in [7, 11) is 0. The number of nitrogens with zero attached hydrogens (tertiary/aromatic N) is 1. The molecule has 5 heteroatoms. The quantitative estimate of drug-likeness (QED) is 0.670. The lowest BCUT2D eigenvalue weighted by molar-refractivity contribution is -0.111. The zero-order valence-electron chi connectivity index (χ0n) is 11.6. The Bertz CT molecular complexity index is 669. The summed E-state index contributed by atoms with van der Waals surface area (Å²) in [6, 6.07) is 7.12. The van der Waals surface area contributed by atoms with Gasteiger partial charge < -0.3 is 11.1 Å². The minimum absolute atomic E-state index is 0.272. The van der Waals surface area contributed by atoms with Gasteiger partial charge >= 0.3 is 0 Å². The first kappa shape index (κ1) is 15.1. The Kier molecular flexibility index (Phi) is 4.95. The third-order valence-corrected chi connectivity index (χ3v) is 3.32. The van der Waals surface area contributed by atoms with Crippen molar-refractivity contribution in [3.8, 4) is 0 Å². The van der Waals surface area contributed by atoms with Gasteiger partial charge in [-0.1, -0.05) is 24.6 Å². The monoisotopic (exact) mass is 301 g/mol. The number of nitrogens with one attached hydrogen (secondary N) is 1. The molecule has 108 valence electrons. The second-order valence-corrected chi connectivity index (χ2v) is 4.90. The maximum atomic E-state index is 11.9. The predicted octanol–water partition coefficient (Wildman–Crippen LogP) is 3.53. The van der Waals surface area contributed by atoms with Crippen molar-refractivity contribution < 1.29 is 4.79 Å². The average Bonchev–Trinajstić information content (AvgIpc) is 2.49. The number of halogens is 1. The lowest BCUT2D eigenvalue weighted by atomic mass is 10.1. The van der Waals surface area contributed by atoms with Crippen LogP contribution < -0.4 is 11.1 Å². The molecular formula is C16H16ClN3O. The van der Waals surface area contributed by atoms with Crippen LogP contribution in [0.5, 0.6) is 0 Å². The largest absolute Gasteiger partial charge is 0.397 e. The molecule has 4 nitrogen and oxygen atoms in total. The van der Waals surface area contributed by atoms with Gasteiger partial charge in [0.25, 0.3) is 0 Å². The molecule has 0 spiro atoms. The summed E-state index contributed by atoms with van der Waals surface area (Å²) in [4.78, 5) is 15.9. The summed E-state index contributed by atoms with van der Waals surface area (Å²) in [5.74, 6) is -0.272. The van der Waals surface area contributed by atoms with Crippen LogP contribution in [0.1, 0.15) is 18.1 Å². The number of rotatable bonds is 4. The number of anilines is 2. The lowest BCUT2D eigenvalue weighted by Gasteiger charge is -2.10. The molecule has 0 aliphatic heterocycles. The number of nitrogen functional groups attached to an aromatic ring is 1. The topological polar surface area (TPSA) is 68.0 Å². The van der Waals surface area contributed by atoms with Crippen molar-refractivity contribution >= 4 is 35.0 Å². The van der Waals surface area contributed by atoms with Gasteiger partial charge in [0.2, 0.25) is 5.91 Å². The summed E-state index contributed by atoms with van der Waals surface area (Å²) in [5, 5.41) is 3.31. The molecule has 0 unspecified atom stereocenters. The van der Waals surface area contributed by atoms with Gasteiger partial charge in [0, 0.05) is 23.5 Å². The first-order valence-electron chi connectivity index (χ1n) is 6.57. The number of nitrogens with two attached hydrogens (primary N) is 1. The number of hydrogen-bond acceptors (Lipinski definition) is 3. The summed E-state index contributed by atoms with van der Waals surface area (Å²) >= 11 is 6.12. The standard InChI is InChI=1S/C16H16ClN3O/c1-2-12-8-14(18)15(9-13(12)17)20-16(21)6-5-11-4-3-7-19-10-11/h3-10H,2,18H2,1H3,(H,20,21)/b6-5+. The Balaban J connectivity index is 2.10. The molecule has 2 rings (SSSR count). The number of aromatic nitrogens is 1. The molecule has 0 saturated heterocycles. The van der Waals surface area contributed by atoms with Crippen molar-refractivity contribution in [1.82, 2.24) is 4.98 Å². The fourth-order valence-corrected chi connectivity index (χ4v) is 2.13. The van der Waals surface area contributed by atoms with Crippen LogP contribution in [0.4, 0.5) is 11.4 Å². The molecule has 2 aromatic rings. The second-order valence-electron chi connectivity index (χ2n) is 4.49. The van der Waals surface area contributed by atoms with E-state index in [4.69, 9.17) is 17.3 Å². The molecular weight excluding hydrogens is 286 g/mol. The van der Waals surface area contributed by atoms with Gasteiger partial charge in [-0.05, 0) is 41.8 Å². The highest BCUT2D eigenvalue weighted by atomic mass is 35.5. The third-order valence-electron chi connectivity index (χ3n) is 2.97. The van der Waals surface area contributed by atoms with E-state index in [1.165, 1.54) is 6.08 Å². The van der Waals surface area contributed by atoms with E-state index in [2.05, 4.69) is 10.3 Å². The molecule has 0 radical (unpaired) electrons. The Hall–Kier alpha value is -2.33. The molecule has 0 fully saturated rings. The van der Waals surface area contributed by atoms with Crippen molar-refractivity contribution in [2.45, 2.75) is 13.3 Å². The van der Waals surface area contributed by atoms with Crippen LogP contribution in [0.25, 0.3) is 6.08 Å². The molecule has 21 heavy (non-hydrogen) atoms. The van der Waals surface area contributed by atoms with E-state index in [1.54, 1.807) is 36.7 Å². The molecule has 1 aromatic heterocycles. The summed E-state index contributed by atoms with van der Waals surface area (Å²) < 4.78 is 0. The van der Waals surface area contributed by atoms with E-state index in [0.29, 0.717) is 16.4 Å². The van der Waals surface area contributed by atoms with E-state index in [9.17, 15) is 4.79 Å². The van der Waals surface area contributed by atoms with Crippen molar-refractivity contribution in [1.29, 1.82) is 0 Å². The van der Waals surface area contributed by atoms with E-state index in [-0.39, 0.29) is 5.91 Å². The summed E-state index contributed by atoms with van der Waals surface area (Å²) in [6.07, 6.45) is 7.25. The number of hydrogen-bond donors (Lipinski definition) is 2. The molecule has 0 atom stereocenters. The number of carbonyl (C=O) groups excluding carboxylic acids is 1. The van der Waals surface area contributed by atoms with Crippen LogP contribution in [0.15, 0.2) is 42.7 Å². The minimum atomic E-state index is -0.272. The predicted molar refractivity (Wildman–Crippen MR) is 87.1 cm³/mol. The fraction of sp³-hybridized carbons (Fsp3) is 0.125.